The van der Waals surface area contributed by atoms with Crippen molar-refractivity contribution < 1.29 is 23.9 Å². The number of carbonyl (C=O) groups excluding carboxylic acids is 1. The first-order chi connectivity index (χ1) is 13.5. The molecule has 136 valence electrons. The number of carboxylic acids is 1. The van der Waals surface area contributed by atoms with Crippen molar-refractivity contribution in [1.82, 2.24) is 5.27 Å². The molecule has 2 aromatic carbocycles. The molecule has 0 bridgehead atoms. The lowest BCUT2D eigenvalue weighted by atomic mass is 10.2. The summed E-state index contributed by atoms with van der Waals surface area (Å²) in [6.45, 7) is 0. The van der Waals surface area contributed by atoms with Gasteiger partial charge in [-0.1, -0.05) is 5.92 Å². The van der Waals surface area contributed by atoms with Crippen LogP contribution in [0.1, 0.15) is 15.9 Å². The average molecular weight is 374 g/mol. The summed E-state index contributed by atoms with van der Waals surface area (Å²) in [5, 5.41) is 26.2. The van der Waals surface area contributed by atoms with Crippen molar-refractivity contribution in [3.8, 4) is 23.6 Å². The largest absolute Gasteiger partial charge is 0.478 e. The molecule has 0 aliphatic rings. The number of urea groups is 1. The number of aromatic carboxylic acids is 1. The van der Waals surface area contributed by atoms with Crippen LogP contribution in [-0.4, -0.2) is 22.4 Å². The van der Waals surface area contributed by atoms with Crippen LogP contribution in [0.15, 0.2) is 59.3 Å². The molecule has 1 heterocycles. The van der Waals surface area contributed by atoms with Gasteiger partial charge in [-0.3, -0.25) is 9.84 Å². The van der Waals surface area contributed by atoms with Crippen molar-refractivity contribution in [3.63, 3.8) is 0 Å². The number of anilines is 2. The van der Waals surface area contributed by atoms with E-state index < -0.39 is 12.0 Å². The van der Waals surface area contributed by atoms with Gasteiger partial charge in [0.2, 0.25) is 11.0 Å². The Balaban J connectivity index is 1.62. The first-order valence-corrected chi connectivity index (χ1v) is 7.86. The average Bonchev–Trinajstić information content (AvgIpc) is 3.16. The van der Waals surface area contributed by atoms with E-state index in [1.807, 2.05) is 0 Å². The van der Waals surface area contributed by atoms with Gasteiger partial charge in [0.25, 0.3) is 6.20 Å². The number of aromatic nitrogens is 2. The normalized spacial score (nSPS) is 9.54. The number of amides is 2. The van der Waals surface area contributed by atoms with E-state index in [0.29, 0.717) is 16.9 Å². The van der Waals surface area contributed by atoms with Crippen LogP contribution >= 0.6 is 0 Å². The molecule has 3 N–H and O–H groups in total. The zero-order chi connectivity index (χ0) is 19.9. The summed E-state index contributed by atoms with van der Waals surface area (Å²) in [4.78, 5) is 22.9. The first-order valence-electron chi connectivity index (χ1n) is 7.86. The third-order valence-corrected chi connectivity index (χ3v) is 3.49. The number of carbonyl (C=O) groups is 2. The van der Waals surface area contributed by atoms with Crippen molar-refractivity contribution in [2.45, 2.75) is 0 Å². The summed E-state index contributed by atoms with van der Waals surface area (Å²) in [6, 6.07) is 13.8. The fourth-order valence-electron chi connectivity index (χ4n) is 2.19. The van der Waals surface area contributed by atoms with E-state index in [0.717, 1.165) is 0 Å². The number of rotatable bonds is 4. The molecule has 1 aromatic heterocycles. The molecule has 9 nitrogen and oxygen atoms in total. The Kier molecular flexibility index (Phi) is 5.30. The van der Waals surface area contributed by atoms with E-state index in [1.54, 1.807) is 42.5 Å². The fraction of sp³-hybridized carbons (Fsp3) is 0. The molecule has 0 aliphatic carbocycles. The number of hydrogen-bond acceptors (Lipinski definition) is 5. The van der Waals surface area contributed by atoms with Crippen LogP contribution in [0.3, 0.4) is 0 Å². The monoisotopic (exact) mass is 374 g/mol. The Morgan fingerprint density at radius 2 is 1.79 bits per heavy atom. The number of benzene rings is 2. The molecular weight excluding hydrogens is 362 g/mol. The maximum Gasteiger partial charge on any atom is 0.335 e. The minimum Gasteiger partial charge on any atom is -0.478 e. The zero-order valence-electron chi connectivity index (χ0n) is 14.2. The van der Waals surface area contributed by atoms with Crippen LogP contribution in [0.4, 0.5) is 16.4 Å². The molecule has 0 aliphatic heterocycles. The van der Waals surface area contributed by atoms with Crippen LogP contribution in [0.2, 0.25) is 0 Å². The number of nitrogens with zero attached hydrogens (tertiary/aromatic N) is 3. The Morgan fingerprint density at radius 3 is 2.43 bits per heavy atom. The third-order valence-electron chi connectivity index (χ3n) is 3.49. The lowest BCUT2D eigenvalue weighted by Gasteiger charge is -2.03. The number of nitrogens with one attached hydrogen (secondary N) is 2. The molecule has 3 rings (SSSR count). The van der Waals surface area contributed by atoms with E-state index in [9.17, 15) is 9.59 Å². The second-order valence-electron chi connectivity index (χ2n) is 5.38. The molecule has 0 radical (unpaired) electrons. The van der Waals surface area contributed by atoms with Crippen molar-refractivity contribution in [2.75, 3.05) is 10.6 Å². The van der Waals surface area contributed by atoms with Crippen molar-refractivity contribution in [2.24, 2.45) is 0 Å². The summed E-state index contributed by atoms with van der Waals surface area (Å²) < 4.78 is 6.40. The van der Waals surface area contributed by atoms with Gasteiger partial charge in [-0.05, 0) is 41.1 Å². The summed E-state index contributed by atoms with van der Waals surface area (Å²) in [5.74, 6) is 4.00. The van der Waals surface area contributed by atoms with Gasteiger partial charge >= 0.3 is 17.9 Å². The van der Waals surface area contributed by atoms with Gasteiger partial charge in [-0.15, -0.1) is 0 Å². The maximum absolute atomic E-state index is 12.0. The Bertz CT molecular complexity index is 1120. The quantitative estimate of drug-likeness (QED) is 0.474. The second-order valence-corrected chi connectivity index (χ2v) is 5.38. The van der Waals surface area contributed by atoms with E-state index in [-0.39, 0.29) is 11.4 Å². The molecule has 0 saturated carbocycles. The smallest absolute Gasteiger partial charge is 0.335 e. The molecule has 0 atom stereocenters. The van der Waals surface area contributed by atoms with Crippen LogP contribution in [-0.2, 0) is 0 Å². The highest BCUT2D eigenvalue weighted by Crippen LogP contribution is 2.11. The van der Waals surface area contributed by atoms with Gasteiger partial charge in [-0.2, -0.15) is 5.26 Å². The molecule has 28 heavy (non-hydrogen) atoms. The highest BCUT2D eigenvalue weighted by molar-refractivity contribution is 5.98. The summed E-state index contributed by atoms with van der Waals surface area (Å²) in [6.07, 6.45) is 1.44. The van der Waals surface area contributed by atoms with Crippen LogP contribution in [0.5, 0.6) is 0 Å². The van der Waals surface area contributed by atoms with Crippen molar-refractivity contribution in [3.05, 3.63) is 65.9 Å². The lowest BCUT2D eigenvalue weighted by Crippen LogP contribution is -2.31. The highest BCUT2D eigenvalue weighted by atomic mass is 16.5. The number of nitriles is 1. The van der Waals surface area contributed by atoms with E-state index in [4.69, 9.17) is 14.9 Å². The van der Waals surface area contributed by atoms with Gasteiger partial charge in [0.1, 0.15) is 0 Å². The minimum atomic E-state index is -1.03. The van der Waals surface area contributed by atoms with Gasteiger partial charge in [0.15, 0.2) is 6.07 Å². The Hall–Kier alpha value is -4.63. The summed E-state index contributed by atoms with van der Waals surface area (Å²) in [7, 11) is 0. The molecule has 9 heteroatoms. The highest BCUT2D eigenvalue weighted by Gasteiger charge is 2.17. The van der Waals surface area contributed by atoms with Crippen molar-refractivity contribution >= 4 is 23.6 Å². The maximum atomic E-state index is 12.0. The van der Waals surface area contributed by atoms with E-state index in [2.05, 4.69) is 27.7 Å². The molecule has 2 amide bonds. The summed E-state index contributed by atoms with van der Waals surface area (Å²) in [5.41, 5.74) is 1.89. The van der Waals surface area contributed by atoms with Gasteiger partial charge in [0.05, 0.1) is 5.56 Å². The Labute approximate surface area is 158 Å². The van der Waals surface area contributed by atoms with Crippen LogP contribution in [0.25, 0.3) is 5.69 Å². The molecule has 0 unspecified atom stereocenters. The SMILES string of the molecule is N#CC#Cc1ccc(NC(=O)Nc2c[n+](-c3ccc(C(=O)O)cc3)no2)cc1. The molecule has 3 aromatic rings. The van der Waals surface area contributed by atoms with E-state index >= 15 is 0 Å². The van der Waals surface area contributed by atoms with Crippen molar-refractivity contribution in [1.29, 1.82) is 5.26 Å². The molecule has 0 fully saturated rings. The molecular formula is C19H12N5O4+. The topological polar surface area (TPSA) is 132 Å². The van der Waals surface area contributed by atoms with Crippen LogP contribution < -0.4 is 15.3 Å². The predicted molar refractivity (Wildman–Crippen MR) is 96.6 cm³/mol. The van der Waals surface area contributed by atoms with Crippen LogP contribution in [0, 0.1) is 23.2 Å². The zero-order valence-corrected chi connectivity index (χ0v) is 14.2. The number of carboxylic acid groups (broad SMARTS) is 1. The fourth-order valence-corrected chi connectivity index (χ4v) is 2.19. The van der Waals surface area contributed by atoms with Gasteiger partial charge in [-0.25, -0.2) is 9.59 Å². The predicted octanol–water partition coefficient (Wildman–Crippen LogP) is 2.17. The third kappa shape index (κ3) is 4.50. The molecule has 0 saturated heterocycles. The first kappa shape index (κ1) is 18.2. The lowest BCUT2D eigenvalue weighted by molar-refractivity contribution is -0.670. The minimum absolute atomic E-state index is 0.0938. The Morgan fingerprint density at radius 1 is 1.07 bits per heavy atom. The standard InChI is InChI=1S/C19H11N5O4/c20-11-1-2-13-3-7-15(8-4-13)21-19(27)22-17-12-24(23-28-17)16-9-5-14(6-10-16)18(25)26/h3-10,12H,(H2-,21,22,23,25,26,27)/p+1. The van der Waals surface area contributed by atoms with E-state index in [1.165, 1.54) is 23.0 Å². The van der Waals surface area contributed by atoms with Gasteiger partial charge in [0, 0.05) is 29.3 Å². The number of hydrogen-bond donors (Lipinski definition) is 3. The second kappa shape index (κ2) is 8.17. The van der Waals surface area contributed by atoms with Gasteiger partial charge < -0.3 is 10.4 Å². The molecule has 0 spiro atoms. The summed E-state index contributed by atoms with van der Waals surface area (Å²) >= 11 is 0.